The molecule has 0 saturated carbocycles. The third-order valence-electron chi connectivity index (χ3n) is 7.19. The molecule has 0 atom stereocenters. The van der Waals surface area contributed by atoms with E-state index >= 15 is 0 Å². The number of carbonyl (C=O) groups is 2. The van der Waals surface area contributed by atoms with E-state index < -0.39 is 0 Å². The van der Waals surface area contributed by atoms with Crippen LogP contribution in [0.1, 0.15) is 41.4 Å². The number of aromatic nitrogens is 3. The number of anilines is 1. The zero-order valence-electron chi connectivity index (χ0n) is 21.5. The number of amides is 1. The Bertz CT molecular complexity index is 1580. The van der Waals surface area contributed by atoms with E-state index in [1.165, 1.54) is 17.4 Å². The van der Waals surface area contributed by atoms with E-state index in [0.29, 0.717) is 28.7 Å². The lowest BCUT2D eigenvalue weighted by atomic mass is 10.00. The number of rotatable bonds is 5. The number of hydrogen-bond donors (Lipinski definition) is 1. The van der Waals surface area contributed by atoms with Crippen LogP contribution in [0.5, 0.6) is 0 Å². The molecule has 6 rings (SSSR count). The van der Waals surface area contributed by atoms with Gasteiger partial charge in [-0.2, -0.15) is 5.10 Å². The second-order valence-electron chi connectivity index (χ2n) is 9.85. The molecule has 1 N–H and O–H groups in total. The summed E-state index contributed by atoms with van der Waals surface area (Å²) in [5.41, 5.74) is 5.94. The summed E-state index contributed by atoms with van der Waals surface area (Å²) in [4.78, 5) is 32.2. The predicted molar refractivity (Wildman–Crippen MR) is 147 cm³/mol. The fourth-order valence-electron chi connectivity index (χ4n) is 5.28. The zero-order valence-corrected chi connectivity index (χ0v) is 21.5. The van der Waals surface area contributed by atoms with Crippen molar-refractivity contribution >= 4 is 34.4 Å². The molecule has 38 heavy (non-hydrogen) atoms. The molecule has 4 aromatic rings. The molecule has 8 nitrogen and oxygen atoms in total. The first kappa shape index (κ1) is 24.2. The van der Waals surface area contributed by atoms with Gasteiger partial charge < -0.3 is 10.1 Å². The van der Waals surface area contributed by atoms with Gasteiger partial charge >= 0.3 is 0 Å². The van der Waals surface area contributed by atoms with Crippen molar-refractivity contribution in [2.75, 3.05) is 18.1 Å². The summed E-state index contributed by atoms with van der Waals surface area (Å²) in [6, 6.07) is 15.9. The molecule has 2 aliphatic heterocycles. The molecule has 8 heteroatoms. The maximum Gasteiger partial charge on any atom is 0.228 e. The maximum absolute atomic E-state index is 13.3. The number of para-hydroxylation sites is 1. The number of hydrogen-bond acceptors (Lipinski definition) is 6. The number of ether oxygens (including phenoxy) is 1. The van der Waals surface area contributed by atoms with Crippen LogP contribution in [-0.2, 0) is 23.1 Å². The summed E-state index contributed by atoms with van der Waals surface area (Å²) < 4.78 is 7.24. The Kier molecular flexibility index (Phi) is 6.35. The van der Waals surface area contributed by atoms with Crippen molar-refractivity contribution < 1.29 is 14.3 Å². The molecular weight excluding hydrogens is 478 g/mol. The molecule has 2 aromatic carbocycles. The number of allylic oxidation sites excluding steroid dienone is 1. The fraction of sp³-hybridized carbons (Fsp3) is 0.267. The van der Waals surface area contributed by atoms with Crippen molar-refractivity contribution in [2.45, 2.75) is 32.4 Å². The highest BCUT2D eigenvalue weighted by atomic mass is 16.5. The number of nitrogens with zero attached hydrogens (tertiary/aromatic N) is 4. The first-order valence-electron chi connectivity index (χ1n) is 12.9. The van der Waals surface area contributed by atoms with E-state index in [1.54, 1.807) is 29.0 Å². The van der Waals surface area contributed by atoms with Crippen molar-refractivity contribution in [2.24, 2.45) is 7.05 Å². The second-order valence-corrected chi connectivity index (χ2v) is 9.85. The Hall–Kier alpha value is -4.14. The minimum atomic E-state index is -0.218. The average molecular weight is 508 g/mol. The molecular formula is C30H29N5O3. The summed E-state index contributed by atoms with van der Waals surface area (Å²) in [6.07, 6.45) is 7.56. The Morgan fingerprint density at radius 2 is 1.95 bits per heavy atom. The van der Waals surface area contributed by atoms with E-state index in [2.05, 4.69) is 22.5 Å². The minimum absolute atomic E-state index is 0.185. The minimum Gasteiger partial charge on any atom is -0.381 e. The topological polar surface area (TPSA) is 89.3 Å². The molecule has 0 radical (unpaired) electrons. The molecule has 0 unspecified atom stereocenters. The van der Waals surface area contributed by atoms with Gasteiger partial charge in [0.1, 0.15) is 0 Å². The van der Waals surface area contributed by atoms with Gasteiger partial charge in [-0.15, -0.1) is 0 Å². The van der Waals surface area contributed by atoms with Crippen molar-refractivity contribution in [1.82, 2.24) is 20.1 Å². The number of benzene rings is 2. The van der Waals surface area contributed by atoms with Crippen molar-refractivity contribution in [3.8, 4) is 11.1 Å². The summed E-state index contributed by atoms with van der Waals surface area (Å²) in [6.45, 7) is 3.84. The second kappa shape index (κ2) is 9.96. The maximum atomic E-state index is 13.3. The molecule has 0 aliphatic carbocycles. The first-order chi connectivity index (χ1) is 18.5. The highest BCUT2D eigenvalue weighted by Gasteiger charge is 2.34. The van der Waals surface area contributed by atoms with Gasteiger partial charge in [-0.1, -0.05) is 18.2 Å². The third-order valence-corrected chi connectivity index (χ3v) is 7.19. The average Bonchev–Trinajstić information content (AvgIpc) is 3.48. The van der Waals surface area contributed by atoms with Gasteiger partial charge in [0.2, 0.25) is 11.7 Å². The smallest absolute Gasteiger partial charge is 0.228 e. The molecule has 2 aromatic heterocycles. The Labute approximate surface area is 220 Å². The van der Waals surface area contributed by atoms with Crippen LogP contribution in [0.4, 0.5) is 5.69 Å². The zero-order chi connectivity index (χ0) is 26.2. The number of carbonyl (C=O) groups excluding carboxylic acids is 2. The predicted octanol–water partition coefficient (Wildman–Crippen LogP) is 4.49. The van der Waals surface area contributed by atoms with Gasteiger partial charge in [0.05, 0.1) is 28.8 Å². The number of aryl methyl sites for hydroxylation is 1. The van der Waals surface area contributed by atoms with Gasteiger partial charge in [-0.25, -0.2) is 4.98 Å². The Balaban J connectivity index is 1.42. The summed E-state index contributed by atoms with van der Waals surface area (Å²) >= 11 is 0. The van der Waals surface area contributed by atoms with Crippen molar-refractivity contribution in [3.63, 3.8) is 0 Å². The highest BCUT2D eigenvalue weighted by molar-refractivity contribution is 6.26. The quantitative estimate of drug-likeness (QED) is 0.400. The van der Waals surface area contributed by atoms with Crippen molar-refractivity contribution in [3.05, 3.63) is 83.4 Å². The van der Waals surface area contributed by atoms with Gasteiger partial charge in [-0.3, -0.25) is 19.2 Å². The van der Waals surface area contributed by atoms with Gasteiger partial charge in [0.15, 0.2) is 0 Å². The van der Waals surface area contributed by atoms with Crippen LogP contribution in [0.25, 0.3) is 28.1 Å². The number of fused-ring (bicyclic) bond motifs is 2. The monoisotopic (exact) mass is 507 g/mol. The van der Waals surface area contributed by atoms with Crippen LogP contribution in [0, 0.1) is 0 Å². The van der Waals surface area contributed by atoms with Crippen LogP contribution in [-0.4, -0.2) is 45.7 Å². The molecule has 4 heterocycles. The lowest BCUT2D eigenvalue weighted by molar-refractivity contribution is -0.116. The first-order valence-corrected chi connectivity index (χ1v) is 12.9. The van der Waals surface area contributed by atoms with E-state index in [9.17, 15) is 9.59 Å². The molecule has 0 bridgehead atoms. The number of ketones is 1. The van der Waals surface area contributed by atoms with E-state index in [-0.39, 0.29) is 11.7 Å². The summed E-state index contributed by atoms with van der Waals surface area (Å²) in [7, 11) is 1.89. The van der Waals surface area contributed by atoms with E-state index in [4.69, 9.17) is 9.72 Å². The molecule has 1 amide bonds. The normalized spacial score (nSPS) is 16.9. The van der Waals surface area contributed by atoms with Crippen LogP contribution in [0.15, 0.2) is 66.6 Å². The van der Waals surface area contributed by atoms with Gasteiger partial charge in [-0.05, 0) is 60.4 Å². The summed E-state index contributed by atoms with van der Waals surface area (Å²) in [5, 5.41) is 9.04. The standard InChI is InChI=1S/C30H29N5O3/c1-19(36)35-28-6-4-3-5-24(28)30(37)29(35)15-23-14-25(21-17-32-34(2)18-21)26-13-20(7-8-27(26)33-23)16-31-22-9-11-38-12-10-22/h3-8,13-15,17-18,22,31H,9-12,16H2,1-2H3/b29-15-. The SMILES string of the molecule is CC(=O)N1/C(=C\c2cc(-c3cnn(C)c3)c3cc(CNC4CCOCC4)ccc3n2)C(=O)c2ccccc21. The summed E-state index contributed by atoms with van der Waals surface area (Å²) in [5.74, 6) is -0.403. The molecule has 1 saturated heterocycles. The van der Waals surface area contributed by atoms with Gasteiger partial charge in [0.25, 0.3) is 0 Å². The molecule has 192 valence electrons. The van der Waals surface area contributed by atoms with E-state index in [0.717, 1.165) is 54.6 Å². The van der Waals surface area contributed by atoms with Crippen LogP contribution < -0.4 is 10.2 Å². The van der Waals surface area contributed by atoms with E-state index in [1.807, 2.05) is 37.6 Å². The Morgan fingerprint density at radius 1 is 1.13 bits per heavy atom. The number of nitrogens with one attached hydrogen (secondary N) is 1. The van der Waals surface area contributed by atoms with Crippen LogP contribution in [0.2, 0.25) is 0 Å². The number of pyridine rings is 1. The van der Waals surface area contributed by atoms with Crippen LogP contribution in [0.3, 0.4) is 0 Å². The van der Waals surface area contributed by atoms with Crippen molar-refractivity contribution in [1.29, 1.82) is 0 Å². The fourth-order valence-corrected chi connectivity index (χ4v) is 5.28. The lowest BCUT2D eigenvalue weighted by Gasteiger charge is -2.23. The van der Waals surface area contributed by atoms with Crippen LogP contribution >= 0.6 is 0 Å². The Morgan fingerprint density at radius 3 is 2.71 bits per heavy atom. The highest BCUT2D eigenvalue weighted by Crippen LogP contribution is 2.36. The lowest BCUT2D eigenvalue weighted by Crippen LogP contribution is -2.34. The molecule has 2 aliphatic rings. The molecule has 1 fully saturated rings. The third kappa shape index (κ3) is 4.53. The largest absolute Gasteiger partial charge is 0.381 e. The number of Topliss-reactive ketones (excluding diaryl/α,β-unsaturated/α-hetero) is 1. The van der Waals surface area contributed by atoms with Gasteiger partial charge in [0, 0.05) is 62.5 Å². The molecule has 0 spiro atoms.